The molecule has 0 heterocycles. The lowest BCUT2D eigenvalue weighted by molar-refractivity contribution is -0.166. The van der Waals surface area contributed by atoms with Crippen molar-refractivity contribution in [3.05, 3.63) is 134 Å². The van der Waals surface area contributed by atoms with Crippen LogP contribution in [0.3, 0.4) is 0 Å². The van der Waals surface area contributed by atoms with Crippen LogP contribution in [0.1, 0.15) is 252 Å². The molecule has 0 aliphatic carbocycles. The van der Waals surface area contributed by atoms with E-state index >= 15 is 0 Å². The number of carbonyl (C=O) groups is 3. The van der Waals surface area contributed by atoms with Gasteiger partial charge in [-0.3, -0.25) is 14.4 Å². The van der Waals surface area contributed by atoms with E-state index in [0.717, 1.165) is 116 Å². The molecule has 0 aromatic rings. The smallest absolute Gasteiger partial charge is 0.306 e. The Kier molecular flexibility index (Phi) is 56.4. The molecular weight excluding hydrogens is 901 g/mol. The molecule has 0 aliphatic rings. The van der Waals surface area contributed by atoms with E-state index < -0.39 is 12.1 Å². The van der Waals surface area contributed by atoms with Gasteiger partial charge >= 0.3 is 17.9 Å². The molecule has 412 valence electrons. The zero-order valence-corrected chi connectivity index (χ0v) is 47.1. The van der Waals surface area contributed by atoms with Gasteiger partial charge in [0.2, 0.25) is 0 Å². The molecule has 0 aromatic heterocycles. The topological polar surface area (TPSA) is 78.9 Å². The fourth-order valence-corrected chi connectivity index (χ4v) is 7.81. The summed E-state index contributed by atoms with van der Waals surface area (Å²) in [5.74, 6) is -1.03. The van der Waals surface area contributed by atoms with E-state index in [0.29, 0.717) is 19.3 Å². The molecule has 0 saturated heterocycles. The minimum absolute atomic E-state index is 0.119. The maximum absolute atomic E-state index is 12.8. The summed E-state index contributed by atoms with van der Waals surface area (Å²) < 4.78 is 16.7. The molecule has 0 rings (SSSR count). The van der Waals surface area contributed by atoms with Crippen molar-refractivity contribution in [3.63, 3.8) is 0 Å². The number of allylic oxidation sites excluding steroid dienone is 22. The highest BCUT2D eigenvalue weighted by Gasteiger charge is 2.19. The number of carbonyl (C=O) groups excluding carboxylic acids is 3. The second-order valence-electron chi connectivity index (χ2n) is 19.1. The van der Waals surface area contributed by atoms with Crippen molar-refractivity contribution in [2.24, 2.45) is 0 Å². The Morgan fingerprint density at radius 2 is 0.521 bits per heavy atom. The predicted molar refractivity (Wildman–Crippen MR) is 316 cm³/mol. The number of rotatable bonds is 52. The molecule has 0 saturated carbocycles. The monoisotopic (exact) mass is 1010 g/mol. The summed E-state index contributed by atoms with van der Waals surface area (Å²) >= 11 is 0. The molecule has 0 radical (unpaired) electrons. The van der Waals surface area contributed by atoms with Crippen LogP contribution >= 0.6 is 0 Å². The summed E-state index contributed by atoms with van der Waals surface area (Å²) in [6.07, 6.45) is 84.9. The van der Waals surface area contributed by atoms with Crippen molar-refractivity contribution < 1.29 is 28.6 Å². The van der Waals surface area contributed by atoms with E-state index in [-0.39, 0.29) is 31.6 Å². The summed E-state index contributed by atoms with van der Waals surface area (Å²) in [5.41, 5.74) is 0. The lowest BCUT2D eigenvalue weighted by Gasteiger charge is -2.18. The van der Waals surface area contributed by atoms with Gasteiger partial charge in [-0.2, -0.15) is 0 Å². The van der Waals surface area contributed by atoms with E-state index in [1.54, 1.807) is 0 Å². The van der Waals surface area contributed by atoms with E-state index in [1.807, 2.05) is 12.2 Å². The van der Waals surface area contributed by atoms with Gasteiger partial charge < -0.3 is 14.2 Å². The second kappa shape index (κ2) is 60.1. The van der Waals surface area contributed by atoms with Crippen LogP contribution in [0.4, 0.5) is 0 Å². The number of ether oxygens (including phenoxy) is 3. The third kappa shape index (κ3) is 58.3. The van der Waals surface area contributed by atoms with E-state index in [2.05, 4.69) is 142 Å². The number of unbranched alkanes of at least 4 members (excludes halogenated alkanes) is 19. The highest BCUT2D eigenvalue weighted by Crippen LogP contribution is 2.15. The van der Waals surface area contributed by atoms with Crippen LogP contribution in [0.5, 0.6) is 0 Å². The quantitative estimate of drug-likeness (QED) is 0.0261. The Morgan fingerprint density at radius 3 is 0.836 bits per heavy atom. The molecule has 1 atom stereocenters. The van der Waals surface area contributed by atoms with E-state index in [4.69, 9.17) is 14.2 Å². The lowest BCUT2D eigenvalue weighted by atomic mass is 10.0. The largest absolute Gasteiger partial charge is 0.462 e. The average molecular weight is 1010 g/mol. The van der Waals surface area contributed by atoms with Gasteiger partial charge in [0.1, 0.15) is 13.2 Å². The minimum Gasteiger partial charge on any atom is -0.462 e. The number of hydrogen-bond acceptors (Lipinski definition) is 6. The molecule has 6 nitrogen and oxygen atoms in total. The Bertz CT molecular complexity index is 1580. The third-order valence-electron chi connectivity index (χ3n) is 12.1. The van der Waals surface area contributed by atoms with Gasteiger partial charge in [0.25, 0.3) is 0 Å². The summed E-state index contributed by atoms with van der Waals surface area (Å²) in [4.78, 5) is 38.1. The molecular formula is C67H108O6. The molecule has 0 aliphatic heterocycles. The van der Waals surface area contributed by atoms with Crippen molar-refractivity contribution in [1.29, 1.82) is 0 Å². The molecule has 0 spiro atoms. The Balaban J connectivity index is 4.26. The lowest BCUT2D eigenvalue weighted by Crippen LogP contribution is -2.30. The average Bonchev–Trinajstić information content (AvgIpc) is 3.39. The molecule has 0 amide bonds. The Hall–Kier alpha value is -4.45. The summed E-state index contributed by atoms with van der Waals surface area (Å²) in [5, 5.41) is 0. The second-order valence-corrected chi connectivity index (χ2v) is 19.1. The molecule has 73 heavy (non-hydrogen) atoms. The first kappa shape index (κ1) is 68.6. The fourth-order valence-electron chi connectivity index (χ4n) is 7.81. The van der Waals surface area contributed by atoms with Gasteiger partial charge in [-0.25, -0.2) is 0 Å². The van der Waals surface area contributed by atoms with E-state index in [1.165, 1.54) is 89.9 Å². The van der Waals surface area contributed by atoms with Crippen LogP contribution < -0.4 is 0 Å². The van der Waals surface area contributed by atoms with Crippen molar-refractivity contribution >= 4 is 17.9 Å². The van der Waals surface area contributed by atoms with Crippen LogP contribution in [0.15, 0.2) is 134 Å². The van der Waals surface area contributed by atoms with Crippen LogP contribution in [0.25, 0.3) is 0 Å². The maximum atomic E-state index is 12.8. The van der Waals surface area contributed by atoms with Crippen LogP contribution in [0.2, 0.25) is 0 Å². The molecule has 0 bridgehead atoms. The fraction of sp³-hybridized carbons (Fsp3) is 0.627. The molecule has 6 heteroatoms. The highest BCUT2D eigenvalue weighted by molar-refractivity contribution is 5.71. The summed E-state index contributed by atoms with van der Waals surface area (Å²) in [7, 11) is 0. The highest BCUT2D eigenvalue weighted by atomic mass is 16.6. The summed E-state index contributed by atoms with van der Waals surface area (Å²) in [6, 6.07) is 0. The normalized spacial score (nSPS) is 13.1. The van der Waals surface area contributed by atoms with Crippen LogP contribution in [-0.2, 0) is 28.6 Å². The molecule has 0 aromatic carbocycles. The van der Waals surface area contributed by atoms with Gasteiger partial charge in [0.15, 0.2) is 6.10 Å². The van der Waals surface area contributed by atoms with Crippen molar-refractivity contribution in [2.45, 2.75) is 258 Å². The standard InChI is InChI=1S/C67H108O6/c1-4-7-10-13-16-19-22-25-26-27-28-29-30-31-32-33-34-35-36-37-38-39-40-43-45-48-51-54-57-60-66(69)72-63-64(73-67(70)61-58-55-52-49-46-42-24-21-18-15-12-9-6-3)62-71-65(68)59-56-53-50-47-44-41-23-20-17-14-11-8-5-2/h7-12,16-21,25-26,28-29,41-42,44,46,52,55,64H,4-6,13-15,22-24,27,30-40,43,45,47-51,53-54,56-63H2,1-3H3/b10-7-,11-8-,12-9-,19-16-,20-17-,21-18-,26-25-,29-28-,44-41-,46-42-,55-52-. The van der Waals surface area contributed by atoms with Crippen molar-refractivity contribution in [1.82, 2.24) is 0 Å². The van der Waals surface area contributed by atoms with Crippen LogP contribution in [-0.4, -0.2) is 37.2 Å². The first-order valence-corrected chi connectivity index (χ1v) is 29.7. The number of hydrogen-bond donors (Lipinski definition) is 0. The van der Waals surface area contributed by atoms with Crippen molar-refractivity contribution in [3.8, 4) is 0 Å². The Labute approximate surface area is 449 Å². The van der Waals surface area contributed by atoms with Gasteiger partial charge in [-0.05, 0) is 116 Å². The van der Waals surface area contributed by atoms with E-state index in [9.17, 15) is 14.4 Å². The van der Waals surface area contributed by atoms with Gasteiger partial charge in [-0.15, -0.1) is 0 Å². The zero-order valence-electron chi connectivity index (χ0n) is 47.1. The first-order chi connectivity index (χ1) is 36.0. The SMILES string of the molecule is CC/C=C\C/C=C\C/C=C\C/C=C\CCCCCCCCCCCCCCCCCCC(=O)OCC(COC(=O)CCCCC/C=C\C/C=C\C/C=C\CC)OC(=O)CC/C=C\C/C=C\C/C=C\C/C=C\CC. The number of esters is 3. The maximum Gasteiger partial charge on any atom is 0.306 e. The third-order valence-corrected chi connectivity index (χ3v) is 12.1. The van der Waals surface area contributed by atoms with Gasteiger partial charge in [0, 0.05) is 19.3 Å². The van der Waals surface area contributed by atoms with Crippen molar-refractivity contribution in [2.75, 3.05) is 13.2 Å². The molecule has 1 unspecified atom stereocenters. The first-order valence-electron chi connectivity index (χ1n) is 29.7. The molecule has 0 N–H and O–H groups in total. The van der Waals surface area contributed by atoms with Gasteiger partial charge in [0.05, 0.1) is 0 Å². The zero-order chi connectivity index (χ0) is 52.9. The van der Waals surface area contributed by atoms with Gasteiger partial charge in [-0.1, -0.05) is 251 Å². The minimum atomic E-state index is -0.831. The predicted octanol–water partition coefficient (Wildman–Crippen LogP) is 20.2. The Morgan fingerprint density at radius 1 is 0.274 bits per heavy atom. The molecule has 0 fully saturated rings. The van der Waals surface area contributed by atoms with Crippen LogP contribution in [0, 0.1) is 0 Å². The summed E-state index contributed by atoms with van der Waals surface area (Å²) in [6.45, 7) is 6.20.